The Morgan fingerprint density at radius 2 is 1.94 bits per heavy atom. The molecule has 1 aromatic rings. The highest BCUT2D eigenvalue weighted by Crippen LogP contribution is 2.13. The van der Waals surface area contributed by atoms with Crippen LogP contribution in [0.25, 0.3) is 0 Å². The first-order chi connectivity index (χ1) is 7.43. The normalized spacial score (nSPS) is 10.9. The van der Waals surface area contributed by atoms with Gasteiger partial charge in [0.1, 0.15) is 0 Å². The molecule has 0 radical (unpaired) electrons. The summed E-state index contributed by atoms with van der Waals surface area (Å²) in [7, 11) is 0. The van der Waals surface area contributed by atoms with Crippen LogP contribution in [0.15, 0.2) is 18.5 Å². The first-order valence-corrected chi connectivity index (χ1v) is 4.72. The van der Waals surface area contributed by atoms with Crippen molar-refractivity contribution in [2.24, 2.45) is 5.41 Å². The van der Waals surface area contributed by atoms with Gasteiger partial charge in [0.05, 0.1) is 5.41 Å². The minimum absolute atomic E-state index is 0.0272. The van der Waals surface area contributed by atoms with Crippen LogP contribution < -0.4 is 5.32 Å². The highest BCUT2D eigenvalue weighted by molar-refractivity contribution is 5.90. The molecule has 6 heteroatoms. The van der Waals surface area contributed by atoms with Gasteiger partial charge in [-0.3, -0.25) is 9.59 Å². The molecule has 0 aliphatic heterocycles. The van der Waals surface area contributed by atoms with Crippen molar-refractivity contribution >= 4 is 11.9 Å². The summed E-state index contributed by atoms with van der Waals surface area (Å²) in [4.78, 5) is 29.8. The summed E-state index contributed by atoms with van der Waals surface area (Å²) < 4.78 is 0. The third-order valence-electron chi connectivity index (χ3n) is 2.04. The number of rotatable bonds is 4. The Hall–Kier alpha value is -1.98. The molecule has 1 aromatic heterocycles. The molecule has 0 saturated carbocycles. The fraction of sp³-hybridized carbons (Fsp3) is 0.400. The monoisotopic (exact) mass is 223 g/mol. The second kappa shape index (κ2) is 4.69. The van der Waals surface area contributed by atoms with E-state index in [2.05, 4.69) is 15.3 Å². The van der Waals surface area contributed by atoms with Gasteiger partial charge < -0.3 is 10.4 Å². The molecular weight excluding hydrogens is 210 g/mol. The van der Waals surface area contributed by atoms with Crippen molar-refractivity contribution in [3.05, 3.63) is 24.3 Å². The first kappa shape index (κ1) is 12.1. The van der Waals surface area contributed by atoms with Crippen molar-refractivity contribution < 1.29 is 14.7 Å². The van der Waals surface area contributed by atoms with Crippen molar-refractivity contribution in [2.75, 3.05) is 6.54 Å². The van der Waals surface area contributed by atoms with E-state index >= 15 is 0 Å². The number of nitrogens with one attached hydrogen (secondary N) is 1. The highest BCUT2D eigenvalue weighted by Gasteiger charge is 2.27. The van der Waals surface area contributed by atoms with Gasteiger partial charge in [0.15, 0.2) is 0 Å². The number of hydrogen-bond acceptors (Lipinski definition) is 4. The van der Waals surface area contributed by atoms with Crippen LogP contribution in [0.2, 0.25) is 0 Å². The molecule has 16 heavy (non-hydrogen) atoms. The van der Waals surface area contributed by atoms with Crippen molar-refractivity contribution in [1.29, 1.82) is 0 Å². The molecule has 1 amide bonds. The molecule has 0 unspecified atom stereocenters. The summed E-state index contributed by atoms with van der Waals surface area (Å²) >= 11 is 0. The number of hydrogen-bond donors (Lipinski definition) is 2. The van der Waals surface area contributed by atoms with Gasteiger partial charge in [0.2, 0.25) is 5.82 Å². The number of carbonyl (C=O) groups excluding carboxylic acids is 1. The predicted octanol–water partition coefficient (Wildman–Crippen LogP) is 0.317. The summed E-state index contributed by atoms with van der Waals surface area (Å²) in [5.74, 6) is -1.42. The lowest BCUT2D eigenvalue weighted by molar-refractivity contribution is -0.146. The van der Waals surface area contributed by atoms with Gasteiger partial charge in [0, 0.05) is 18.9 Å². The van der Waals surface area contributed by atoms with E-state index < -0.39 is 17.3 Å². The Morgan fingerprint density at radius 3 is 2.44 bits per heavy atom. The van der Waals surface area contributed by atoms with E-state index in [0.29, 0.717) is 0 Å². The van der Waals surface area contributed by atoms with Gasteiger partial charge in [-0.2, -0.15) is 0 Å². The van der Waals surface area contributed by atoms with Crippen molar-refractivity contribution in [1.82, 2.24) is 15.3 Å². The minimum atomic E-state index is -1.01. The molecule has 0 aliphatic carbocycles. The Balaban J connectivity index is 2.58. The average molecular weight is 223 g/mol. The van der Waals surface area contributed by atoms with Crippen LogP contribution in [-0.4, -0.2) is 33.5 Å². The lowest BCUT2D eigenvalue weighted by Crippen LogP contribution is -2.39. The summed E-state index contributed by atoms with van der Waals surface area (Å²) in [5, 5.41) is 11.3. The minimum Gasteiger partial charge on any atom is -0.481 e. The topological polar surface area (TPSA) is 92.2 Å². The van der Waals surface area contributed by atoms with E-state index in [9.17, 15) is 9.59 Å². The second-order valence-corrected chi connectivity index (χ2v) is 3.94. The smallest absolute Gasteiger partial charge is 0.310 e. The van der Waals surface area contributed by atoms with Crippen LogP contribution >= 0.6 is 0 Å². The number of carboxylic acids is 1. The molecule has 2 N–H and O–H groups in total. The lowest BCUT2D eigenvalue weighted by Gasteiger charge is -2.18. The fourth-order valence-electron chi connectivity index (χ4n) is 0.872. The molecule has 1 rings (SSSR count). The van der Waals surface area contributed by atoms with Gasteiger partial charge in [0.25, 0.3) is 5.91 Å². The Labute approximate surface area is 92.7 Å². The summed E-state index contributed by atoms with van der Waals surface area (Å²) in [6.45, 7) is 3.09. The number of carboxylic acid groups (broad SMARTS) is 1. The van der Waals surface area contributed by atoms with Gasteiger partial charge in [-0.05, 0) is 19.9 Å². The second-order valence-electron chi connectivity index (χ2n) is 3.94. The maximum atomic E-state index is 11.5. The van der Waals surface area contributed by atoms with Gasteiger partial charge in [-0.25, -0.2) is 9.97 Å². The fourth-order valence-corrected chi connectivity index (χ4v) is 0.872. The first-order valence-electron chi connectivity index (χ1n) is 4.72. The highest BCUT2D eigenvalue weighted by atomic mass is 16.4. The molecule has 0 aliphatic rings. The molecule has 0 bridgehead atoms. The Bertz CT molecular complexity index is 390. The third kappa shape index (κ3) is 3.01. The van der Waals surface area contributed by atoms with E-state index in [1.54, 1.807) is 6.07 Å². The largest absolute Gasteiger partial charge is 0.481 e. The van der Waals surface area contributed by atoms with Crippen LogP contribution in [0, 0.1) is 5.41 Å². The zero-order chi connectivity index (χ0) is 12.2. The van der Waals surface area contributed by atoms with Crippen LogP contribution in [-0.2, 0) is 4.79 Å². The van der Waals surface area contributed by atoms with Crippen LogP contribution in [0.5, 0.6) is 0 Å². The van der Waals surface area contributed by atoms with Crippen LogP contribution in [0.3, 0.4) is 0 Å². The van der Waals surface area contributed by atoms with E-state index in [-0.39, 0.29) is 12.4 Å². The number of nitrogens with zero attached hydrogens (tertiary/aromatic N) is 2. The molecule has 0 spiro atoms. The third-order valence-corrected chi connectivity index (χ3v) is 2.04. The number of amides is 1. The van der Waals surface area contributed by atoms with Crippen molar-refractivity contribution in [3.8, 4) is 0 Å². The maximum Gasteiger partial charge on any atom is 0.310 e. The summed E-state index contributed by atoms with van der Waals surface area (Å²) in [5.41, 5.74) is -1.01. The number of carbonyl (C=O) groups is 2. The number of aromatic nitrogens is 2. The Morgan fingerprint density at radius 1 is 1.38 bits per heavy atom. The zero-order valence-corrected chi connectivity index (χ0v) is 9.10. The van der Waals surface area contributed by atoms with Crippen molar-refractivity contribution in [3.63, 3.8) is 0 Å². The maximum absolute atomic E-state index is 11.5. The van der Waals surface area contributed by atoms with E-state index in [1.165, 1.54) is 26.2 Å². The molecule has 0 saturated heterocycles. The van der Waals surface area contributed by atoms with E-state index in [1.807, 2.05) is 0 Å². The zero-order valence-electron chi connectivity index (χ0n) is 9.10. The molecule has 6 nitrogen and oxygen atoms in total. The molecular formula is C10H13N3O3. The number of aliphatic carboxylic acids is 1. The molecule has 1 heterocycles. The van der Waals surface area contributed by atoms with Gasteiger partial charge in [-0.1, -0.05) is 0 Å². The van der Waals surface area contributed by atoms with Crippen LogP contribution in [0.4, 0.5) is 0 Å². The van der Waals surface area contributed by atoms with Crippen LogP contribution in [0.1, 0.15) is 24.5 Å². The van der Waals surface area contributed by atoms with E-state index in [0.717, 1.165) is 0 Å². The lowest BCUT2D eigenvalue weighted by atomic mass is 9.94. The predicted molar refractivity (Wildman–Crippen MR) is 55.8 cm³/mol. The summed E-state index contributed by atoms with van der Waals surface area (Å²) in [6, 6.07) is 1.60. The molecule has 0 atom stereocenters. The summed E-state index contributed by atoms with van der Waals surface area (Å²) in [6.07, 6.45) is 2.90. The molecule has 0 aromatic carbocycles. The van der Waals surface area contributed by atoms with E-state index in [4.69, 9.17) is 5.11 Å². The Kier molecular flexibility index (Phi) is 3.55. The molecule has 86 valence electrons. The van der Waals surface area contributed by atoms with Gasteiger partial charge in [-0.15, -0.1) is 0 Å². The standard InChI is InChI=1S/C10H13N3O3/c1-10(2,9(15)16)6-13-8(14)7-11-4-3-5-12-7/h3-5H,6H2,1-2H3,(H,13,14)(H,15,16). The quantitative estimate of drug-likeness (QED) is 0.766. The molecule has 0 fully saturated rings. The van der Waals surface area contributed by atoms with Crippen molar-refractivity contribution in [2.45, 2.75) is 13.8 Å². The average Bonchev–Trinajstić information content (AvgIpc) is 2.27. The van der Waals surface area contributed by atoms with Gasteiger partial charge >= 0.3 is 5.97 Å². The SMILES string of the molecule is CC(C)(CNC(=O)c1ncccn1)C(=O)O.